The summed E-state index contributed by atoms with van der Waals surface area (Å²) in [6.07, 6.45) is 8.84. The fourth-order valence-electron chi connectivity index (χ4n) is 7.51. The number of benzene rings is 2. The molecule has 1 N–H and O–H groups in total. The third-order valence-corrected chi connectivity index (χ3v) is 11.3. The second-order valence-corrected chi connectivity index (χ2v) is 14.0. The molecule has 0 bridgehead atoms. The Kier molecular flexibility index (Phi) is 7.52. The first-order valence-electron chi connectivity index (χ1n) is 14.6. The van der Waals surface area contributed by atoms with Gasteiger partial charge in [0.15, 0.2) is 0 Å². The van der Waals surface area contributed by atoms with Crippen LogP contribution in [0.5, 0.6) is 0 Å². The summed E-state index contributed by atoms with van der Waals surface area (Å²) in [5.74, 6) is -2.04. The largest absolute Gasteiger partial charge is 0.394 e. The molecule has 4 aliphatic heterocycles. The van der Waals surface area contributed by atoms with Crippen molar-refractivity contribution in [3.05, 3.63) is 89.0 Å². The highest BCUT2D eigenvalue weighted by Crippen LogP contribution is 2.66. The van der Waals surface area contributed by atoms with Crippen molar-refractivity contribution in [1.29, 1.82) is 0 Å². The number of thioether (sulfide) groups is 1. The summed E-state index contributed by atoms with van der Waals surface area (Å²) in [7, 11) is 0. The van der Waals surface area contributed by atoms with Crippen LogP contribution in [0.4, 0.5) is 5.69 Å². The Morgan fingerprint density at radius 1 is 0.976 bits per heavy atom. The molecule has 6 rings (SSSR count). The van der Waals surface area contributed by atoms with E-state index in [4.69, 9.17) is 11.6 Å². The van der Waals surface area contributed by atoms with Gasteiger partial charge in [-0.05, 0) is 37.5 Å². The Hall–Kier alpha value is -3.07. The van der Waals surface area contributed by atoms with Gasteiger partial charge in [0.05, 0.1) is 39.9 Å². The fraction of sp³-hybridized carbons (Fsp3) is 0.424. The Bertz CT molecular complexity index is 1460. The van der Waals surface area contributed by atoms with E-state index >= 15 is 0 Å². The molecule has 1 spiro atoms. The minimum Gasteiger partial charge on any atom is -0.394 e. The van der Waals surface area contributed by atoms with Crippen LogP contribution in [-0.2, 0) is 14.4 Å². The van der Waals surface area contributed by atoms with Crippen LogP contribution in [0, 0.1) is 18.8 Å². The van der Waals surface area contributed by atoms with Gasteiger partial charge in [0.25, 0.3) is 5.91 Å². The van der Waals surface area contributed by atoms with E-state index in [0.717, 1.165) is 17.5 Å². The van der Waals surface area contributed by atoms with Gasteiger partial charge >= 0.3 is 0 Å². The summed E-state index contributed by atoms with van der Waals surface area (Å²) in [4.78, 5) is 49.1. The smallest absolute Gasteiger partial charge is 0.251 e. The molecular formula is C33H36ClN3O4S. The molecular weight excluding hydrogens is 570 g/mol. The second kappa shape index (κ2) is 10.9. The maximum atomic E-state index is 14.9. The average Bonchev–Trinajstić information content (AvgIpc) is 3.24. The van der Waals surface area contributed by atoms with Crippen LogP contribution in [-0.4, -0.2) is 74.4 Å². The van der Waals surface area contributed by atoms with Crippen LogP contribution in [0.2, 0.25) is 5.02 Å². The molecule has 4 heterocycles. The first kappa shape index (κ1) is 29.0. The minimum absolute atomic E-state index is 0.0585. The molecule has 42 heavy (non-hydrogen) atoms. The normalized spacial score (nSPS) is 31.1. The average molecular weight is 606 g/mol. The number of nitrogens with zero attached hydrogens (tertiary/aromatic N) is 3. The van der Waals surface area contributed by atoms with Gasteiger partial charge in [0.1, 0.15) is 6.04 Å². The lowest BCUT2D eigenvalue weighted by Gasteiger charge is -2.40. The number of carbonyl (C=O) groups is 3. The standard InChI is InChI=1S/C33H36ClN3O4S/c1-4-17-35-18-9-15-32(3)25(29(35)39)26-30(40)37(24(20-38)22-12-6-5-7-13-22)28-31(41)36(19-10-16-33(26,28)42-32)27-21(2)11-8-14-23(27)34/h5-16,24-26,28,38H,4,17-20H2,1-3H3/t24-,25-,26+,28?,32+,33+/m1/s1. The van der Waals surface area contributed by atoms with Gasteiger partial charge in [-0.25, -0.2) is 0 Å². The minimum atomic E-state index is -1.02. The number of aliphatic hydroxyl groups excluding tert-OH is 1. The molecule has 9 heteroatoms. The van der Waals surface area contributed by atoms with Crippen molar-refractivity contribution in [3.63, 3.8) is 0 Å². The number of hydrogen-bond donors (Lipinski definition) is 1. The van der Waals surface area contributed by atoms with Crippen LogP contribution in [0.1, 0.15) is 37.4 Å². The SMILES string of the molecule is CCCN1CC=C[C@]2(C)S[C@]34C=CCN(c5c(C)cccc5Cl)C(=O)C3N([C@H](CO)c3ccccc3)C(=O)[C@@H]4[C@@H]2C1=O. The van der Waals surface area contributed by atoms with Crippen LogP contribution < -0.4 is 4.90 Å². The van der Waals surface area contributed by atoms with Gasteiger partial charge in [-0.1, -0.05) is 85.3 Å². The molecule has 0 radical (unpaired) electrons. The lowest BCUT2D eigenvalue weighted by molar-refractivity contribution is -0.145. The van der Waals surface area contributed by atoms with Crippen molar-refractivity contribution >= 4 is 46.8 Å². The van der Waals surface area contributed by atoms with Crippen molar-refractivity contribution in [2.75, 3.05) is 31.1 Å². The fourth-order valence-corrected chi connectivity index (χ4v) is 9.98. The maximum Gasteiger partial charge on any atom is 0.251 e. The van der Waals surface area contributed by atoms with E-state index in [1.165, 1.54) is 0 Å². The molecule has 2 aromatic rings. The summed E-state index contributed by atoms with van der Waals surface area (Å²) in [6.45, 7) is 6.98. The van der Waals surface area contributed by atoms with E-state index in [2.05, 4.69) is 6.08 Å². The molecule has 4 aliphatic rings. The molecule has 2 fully saturated rings. The van der Waals surface area contributed by atoms with Crippen LogP contribution in [0.3, 0.4) is 0 Å². The van der Waals surface area contributed by atoms with E-state index in [1.54, 1.807) is 27.6 Å². The number of aryl methyl sites for hydroxylation is 1. The number of hydrogen-bond acceptors (Lipinski definition) is 5. The number of para-hydroxylation sites is 1. The summed E-state index contributed by atoms with van der Waals surface area (Å²) in [5, 5.41) is 11.2. The van der Waals surface area contributed by atoms with Crippen molar-refractivity contribution in [3.8, 4) is 0 Å². The van der Waals surface area contributed by atoms with Crippen LogP contribution >= 0.6 is 23.4 Å². The summed E-state index contributed by atoms with van der Waals surface area (Å²) in [6, 6.07) is 13.1. The molecule has 7 nitrogen and oxygen atoms in total. The highest BCUT2D eigenvalue weighted by molar-refractivity contribution is 8.02. The van der Waals surface area contributed by atoms with Crippen molar-refractivity contribution in [1.82, 2.24) is 9.80 Å². The molecule has 1 unspecified atom stereocenters. The molecule has 0 aliphatic carbocycles. The van der Waals surface area contributed by atoms with Gasteiger partial charge in [-0.3, -0.25) is 14.4 Å². The molecule has 2 saturated heterocycles. The molecule has 0 aromatic heterocycles. The van der Waals surface area contributed by atoms with Gasteiger partial charge in [0, 0.05) is 24.4 Å². The predicted molar refractivity (Wildman–Crippen MR) is 166 cm³/mol. The first-order valence-corrected chi connectivity index (χ1v) is 15.8. The van der Waals surface area contributed by atoms with Gasteiger partial charge in [-0.2, -0.15) is 0 Å². The molecule has 220 valence electrons. The van der Waals surface area contributed by atoms with E-state index in [-0.39, 0.29) is 30.9 Å². The number of amides is 3. The van der Waals surface area contributed by atoms with E-state index in [9.17, 15) is 19.5 Å². The number of rotatable bonds is 6. The number of fused-ring (bicyclic) bond motifs is 2. The van der Waals surface area contributed by atoms with E-state index in [0.29, 0.717) is 23.8 Å². The van der Waals surface area contributed by atoms with Crippen LogP contribution in [0.15, 0.2) is 72.8 Å². The lowest BCUT2D eigenvalue weighted by Crippen LogP contribution is -2.54. The predicted octanol–water partition coefficient (Wildman–Crippen LogP) is 4.78. The Morgan fingerprint density at radius 2 is 1.71 bits per heavy atom. The highest BCUT2D eigenvalue weighted by atomic mass is 35.5. The summed E-state index contributed by atoms with van der Waals surface area (Å²) in [5.41, 5.74) is 2.19. The Balaban J connectivity index is 1.55. The van der Waals surface area contributed by atoms with Crippen LogP contribution in [0.25, 0.3) is 0 Å². The first-order chi connectivity index (χ1) is 20.2. The zero-order valence-electron chi connectivity index (χ0n) is 24.1. The summed E-state index contributed by atoms with van der Waals surface area (Å²) >= 11 is 8.23. The highest BCUT2D eigenvalue weighted by Gasteiger charge is 2.74. The third-order valence-electron chi connectivity index (χ3n) is 9.22. The number of likely N-dealkylation sites (tertiary alicyclic amines) is 1. The van der Waals surface area contributed by atoms with Crippen molar-refractivity contribution in [2.45, 2.75) is 48.8 Å². The maximum absolute atomic E-state index is 14.9. The van der Waals surface area contributed by atoms with Gasteiger partial charge < -0.3 is 19.8 Å². The Morgan fingerprint density at radius 3 is 2.40 bits per heavy atom. The number of aliphatic hydroxyl groups is 1. The van der Waals surface area contributed by atoms with E-state index in [1.807, 2.05) is 86.4 Å². The second-order valence-electron chi connectivity index (χ2n) is 11.8. The zero-order chi connectivity index (χ0) is 29.8. The van der Waals surface area contributed by atoms with E-state index < -0.39 is 33.4 Å². The zero-order valence-corrected chi connectivity index (χ0v) is 25.6. The lowest BCUT2D eigenvalue weighted by atomic mass is 9.74. The number of halogens is 1. The molecule has 3 amide bonds. The van der Waals surface area contributed by atoms with Crippen molar-refractivity contribution < 1.29 is 19.5 Å². The topological polar surface area (TPSA) is 81.2 Å². The van der Waals surface area contributed by atoms with Crippen molar-refractivity contribution in [2.24, 2.45) is 11.8 Å². The Labute approximate surface area is 256 Å². The number of carbonyl (C=O) groups excluding carboxylic acids is 3. The molecule has 2 aromatic carbocycles. The van der Waals surface area contributed by atoms with Gasteiger partial charge in [0.2, 0.25) is 11.8 Å². The monoisotopic (exact) mass is 605 g/mol. The third kappa shape index (κ3) is 4.25. The quantitative estimate of drug-likeness (QED) is 0.480. The summed E-state index contributed by atoms with van der Waals surface area (Å²) < 4.78 is -1.71. The molecule has 0 saturated carbocycles. The van der Waals surface area contributed by atoms with Gasteiger partial charge in [-0.15, -0.1) is 11.8 Å². The number of anilines is 1. The molecule has 6 atom stereocenters.